The van der Waals surface area contributed by atoms with Crippen LogP contribution < -0.4 is 0 Å². The number of hydrogen-bond acceptors (Lipinski definition) is 1. The Balaban J connectivity index is 2.23. The highest BCUT2D eigenvalue weighted by Gasteiger charge is 2.12. The van der Waals surface area contributed by atoms with Crippen LogP contribution in [0.15, 0.2) is 46.9 Å². The number of nitriles is 1. The molecule has 0 aromatic heterocycles. The summed E-state index contributed by atoms with van der Waals surface area (Å²) in [6.07, 6.45) is 10.4. The lowest BCUT2D eigenvalue weighted by Crippen LogP contribution is -1.98. The largest absolute Gasteiger partial charge is 0.212 e. The molecule has 0 amide bonds. The third kappa shape index (κ3) is 2.24. The fourth-order valence-electron chi connectivity index (χ4n) is 1.91. The van der Waals surface area contributed by atoms with Crippen molar-refractivity contribution >= 4 is 0 Å². The van der Waals surface area contributed by atoms with Crippen molar-refractivity contribution < 1.29 is 4.39 Å². The lowest BCUT2D eigenvalue weighted by Gasteiger charge is -2.16. The minimum absolute atomic E-state index is 0.0498. The summed E-state index contributed by atoms with van der Waals surface area (Å²) in [5, 5.41) is 8.79. The number of rotatable bonds is 1. The van der Waals surface area contributed by atoms with Crippen LogP contribution in [0.4, 0.5) is 4.39 Å². The second-order valence-electron chi connectivity index (χ2n) is 3.78. The van der Waals surface area contributed by atoms with Crippen molar-refractivity contribution in [2.75, 3.05) is 0 Å². The van der Waals surface area contributed by atoms with Gasteiger partial charge in [0.15, 0.2) is 0 Å². The summed E-state index contributed by atoms with van der Waals surface area (Å²) in [5.74, 6) is -0.0498. The summed E-state index contributed by atoms with van der Waals surface area (Å²) < 4.78 is 12.8. The molecular weight excluding hydrogens is 189 g/mol. The van der Waals surface area contributed by atoms with Gasteiger partial charge in [0.25, 0.3) is 0 Å². The van der Waals surface area contributed by atoms with Gasteiger partial charge in [0.05, 0.1) is 6.07 Å². The first kappa shape index (κ1) is 9.92. The standard InChI is InChI=1S/C13H12FN/c14-13-6-4-11(5-7-13)12-3-1-2-10(8-12)9-15/h2,4,6,8H,1,3,5,7H2. The van der Waals surface area contributed by atoms with Gasteiger partial charge in [-0.3, -0.25) is 0 Å². The highest BCUT2D eigenvalue weighted by Crippen LogP contribution is 2.30. The van der Waals surface area contributed by atoms with Crippen LogP contribution in [0.25, 0.3) is 0 Å². The van der Waals surface area contributed by atoms with Gasteiger partial charge in [0.2, 0.25) is 0 Å². The summed E-state index contributed by atoms with van der Waals surface area (Å²) in [6, 6.07) is 2.15. The molecule has 0 radical (unpaired) electrons. The zero-order valence-corrected chi connectivity index (χ0v) is 8.46. The Morgan fingerprint density at radius 3 is 2.67 bits per heavy atom. The maximum absolute atomic E-state index is 12.8. The van der Waals surface area contributed by atoms with E-state index in [1.165, 1.54) is 17.2 Å². The van der Waals surface area contributed by atoms with Crippen LogP contribution in [0.5, 0.6) is 0 Å². The molecule has 0 atom stereocenters. The monoisotopic (exact) mass is 201 g/mol. The molecule has 0 saturated heterocycles. The molecule has 76 valence electrons. The van der Waals surface area contributed by atoms with E-state index in [9.17, 15) is 4.39 Å². The fourth-order valence-corrected chi connectivity index (χ4v) is 1.91. The van der Waals surface area contributed by atoms with Crippen molar-refractivity contribution in [1.29, 1.82) is 5.26 Å². The second-order valence-corrected chi connectivity index (χ2v) is 3.78. The van der Waals surface area contributed by atoms with E-state index in [2.05, 4.69) is 6.07 Å². The fraction of sp³-hybridized carbons (Fsp3) is 0.308. The first-order valence-electron chi connectivity index (χ1n) is 5.16. The van der Waals surface area contributed by atoms with Crippen LogP contribution in [0, 0.1) is 11.3 Å². The topological polar surface area (TPSA) is 23.8 Å². The van der Waals surface area contributed by atoms with Gasteiger partial charge < -0.3 is 0 Å². The molecule has 2 aliphatic rings. The van der Waals surface area contributed by atoms with Crippen LogP contribution in [0.1, 0.15) is 25.7 Å². The Morgan fingerprint density at radius 1 is 1.13 bits per heavy atom. The molecule has 0 unspecified atom stereocenters. The molecule has 0 aromatic rings. The number of allylic oxidation sites excluding steroid dienone is 8. The van der Waals surface area contributed by atoms with Gasteiger partial charge in [-0.25, -0.2) is 4.39 Å². The van der Waals surface area contributed by atoms with E-state index in [1.54, 1.807) is 0 Å². The maximum atomic E-state index is 12.8. The van der Waals surface area contributed by atoms with E-state index >= 15 is 0 Å². The highest BCUT2D eigenvalue weighted by atomic mass is 19.1. The van der Waals surface area contributed by atoms with E-state index in [1.807, 2.05) is 18.2 Å². The third-order valence-electron chi connectivity index (χ3n) is 2.75. The van der Waals surface area contributed by atoms with Gasteiger partial charge in [-0.05, 0) is 42.6 Å². The second kappa shape index (κ2) is 4.27. The molecule has 0 aromatic carbocycles. The number of hydrogen-bond donors (Lipinski definition) is 0. The number of halogens is 1. The third-order valence-corrected chi connectivity index (χ3v) is 2.75. The molecule has 1 nitrogen and oxygen atoms in total. The predicted octanol–water partition coefficient (Wildman–Crippen LogP) is 3.73. The minimum atomic E-state index is -0.0498. The van der Waals surface area contributed by atoms with Crippen LogP contribution >= 0.6 is 0 Å². The molecule has 0 bridgehead atoms. The summed E-state index contributed by atoms with van der Waals surface area (Å²) in [6.45, 7) is 0. The summed E-state index contributed by atoms with van der Waals surface area (Å²) >= 11 is 0. The molecule has 2 heteroatoms. The molecule has 2 rings (SSSR count). The zero-order chi connectivity index (χ0) is 10.7. The Hall–Kier alpha value is -1.62. The maximum Gasteiger partial charge on any atom is 0.100 e. The van der Waals surface area contributed by atoms with Gasteiger partial charge in [0, 0.05) is 12.0 Å². The van der Waals surface area contributed by atoms with Crippen molar-refractivity contribution in [1.82, 2.24) is 0 Å². The van der Waals surface area contributed by atoms with Gasteiger partial charge >= 0.3 is 0 Å². The molecule has 0 N–H and O–H groups in total. The molecule has 0 aliphatic heterocycles. The molecule has 0 spiro atoms. The van der Waals surface area contributed by atoms with E-state index in [0.29, 0.717) is 6.42 Å². The zero-order valence-electron chi connectivity index (χ0n) is 8.46. The minimum Gasteiger partial charge on any atom is -0.212 e. The van der Waals surface area contributed by atoms with Crippen LogP contribution in [-0.2, 0) is 0 Å². The number of nitrogens with zero attached hydrogens (tertiary/aromatic N) is 1. The molecule has 2 aliphatic carbocycles. The van der Waals surface area contributed by atoms with Gasteiger partial charge in [-0.15, -0.1) is 0 Å². The van der Waals surface area contributed by atoms with Crippen LogP contribution in [-0.4, -0.2) is 0 Å². The quantitative estimate of drug-likeness (QED) is 0.634. The Kier molecular flexibility index (Phi) is 2.82. The van der Waals surface area contributed by atoms with Crippen molar-refractivity contribution in [3.63, 3.8) is 0 Å². The summed E-state index contributed by atoms with van der Waals surface area (Å²) in [5.41, 5.74) is 3.10. The van der Waals surface area contributed by atoms with E-state index < -0.39 is 0 Å². The summed E-state index contributed by atoms with van der Waals surface area (Å²) in [4.78, 5) is 0. The van der Waals surface area contributed by atoms with Crippen molar-refractivity contribution in [2.24, 2.45) is 0 Å². The van der Waals surface area contributed by atoms with Crippen molar-refractivity contribution in [2.45, 2.75) is 25.7 Å². The van der Waals surface area contributed by atoms with Gasteiger partial charge in [0.1, 0.15) is 5.83 Å². The average Bonchev–Trinajstić information content (AvgIpc) is 2.30. The summed E-state index contributed by atoms with van der Waals surface area (Å²) in [7, 11) is 0. The Bertz CT molecular complexity index is 430. The lowest BCUT2D eigenvalue weighted by atomic mass is 9.89. The Labute approximate surface area is 88.9 Å². The lowest BCUT2D eigenvalue weighted by molar-refractivity contribution is 0.582. The van der Waals surface area contributed by atoms with Gasteiger partial charge in [-0.1, -0.05) is 12.2 Å². The van der Waals surface area contributed by atoms with Crippen molar-refractivity contribution in [3.8, 4) is 6.07 Å². The normalized spacial score (nSPS) is 20.8. The van der Waals surface area contributed by atoms with Gasteiger partial charge in [-0.2, -0.15) is 5.26 Å². The molecular formula is C13H12FN. The van der Waals surface area contributed by atoms with E-state index in [4.69, 9.17) is 5.26 Å². The van der Waals surface area contributed by atoms with Crippen LogP contribution in [0.2, 0.25) is 0 Å². The first-order chi connectivity index (χ1) is 7.29. The Morgan fingerprint density at radius 2 is 2.00 bits per heavy atom. The SMILES string of the molecule is N#CC1=CCCC(C2=CC=C(F)CC2)=C1. The smallest absolute Gasteiger partial charge is 0.100 e. The molecule has 15 heavy (non-hydrogen) atoms. The molecule has 0 heterocycles. The highest BCUT2D eigenvalue weighted by molar-refractivity contribution is 5.47. The first-order valence-corrected chi connectivity index (χ1v) is 5.16. The average molecular weight is 201 g/mol. The van der Waals surface area contributed by atoms with E-state index in [-0.39, 0.29) is 5.83 Å². The van der Waals surface area contributed by atoms with Crippen LogP contribution in [0.3, 0.4) is 0 Å². The molecule has 0 saturated carbocycles. The predicted molar refractivity (Wildman–Crippen MR) is 57.5 cm³/mol. The van der Waals surface area contributed by atoms with Crippen molar-refractivity contribution in [3.05, 3.63) is 46.9 Å². The van der Waals surface area contributed by atoms with E-state index in [0.717, 1.165) is 24.8 Å². The molecule has 0 fully saturated rings.